The number of rotatable bonds is 4. The minimum absolute atomic E-state index is 0.0891. The van der Waals surface area contributed by atoms with Crippen LogP contribution in [0.1, 0.15) is 13.3 Å². The highest BCUT2D eigenvalue weighted by Crippen LogP contribution is 2.10. The average Bonchev–Trinajstić information content (AvgIpc) is 2.65. The van der Waals surface area contributed by atoms with Crippen LogP contribution in [0.2, 0.25) is 0 Å². The molecule has 1 saturated heterocycles. The number of amides is 2. The molecule has 2 atom stereocenters. The standard InChI is InChI=1S/C10H22N4O/c1-8(5-11)6-14-4-3-9(7-14)13-10(15)12-2/h8-9H,3-7,11H2,1-2H3,(H2,12,13,15). The Morgan fingerprint density at radius 2 is 2.40 bits per heavy atom. The second-order valence-corrected chi connectivity index (χ2v) is 4.31. The fourth-order valence-corrected chi connectivity index (χ4v) is 1.89. The third kappa shape index (κ3) is 4.05. The van der Waals surface area contributed by atoms with Crippen LogP contribution in [0, 0.1) is 5.92 Å². The van der Waals surface area contributed by atoms with Gasteiger partial charge >= 0.3 is 6.03 Å². The Kier molecular flexibility index (Phi) is 4.84. The molecule has 1 heterocycles. The maximum atomic E-state index is 11.1. The third-order valence-electron chi connectivity index (χ3n) is 2.81. The summed E-state index contributed by atoms with van der Waals surface area (Å²) < 4.78 is 0. The SMILES string of the molecule is CNC(=O)NC1CCN(CC(C)CN)C1. The molecule has 0 saturated carbocycles. The van der Waals surface area contributed by atoms with Gasteiger partial charge < -0.3 is 21.3 Å². The smallest absolute Gasteiger partial charge is 0.314 e. The Morgan fingerprint density at radius 1 is 1.67 bits per heavy atom. The van der Waals surface area contributed by atoms with Gasteiger partial charge in [0.2, 0.25) is 0 Å². The van der Waals surface area contributed by atoms with Crippen LogP contribution >= 0.6 is 0 Å². The van der Waals surface area contributed by atoms with Crippen molar-refractivity contribution in [2.24, 2.45) is 11.7 Å². The third-order valence-corrected chi connectivity index (χ3v) is 2.81. The lowest BCUT2D eigenvalue weighted by molar-refractivity contribution is 0.237. The van der Waals surface area contributed by atoms with E-state index in [9.17, 15) is 4.79 Å². The Balaban J connectivity index is 2.23. The Hall–Kier alpha value is -0.810. The average molecular weight is 214 g/mol. The van der Waals surface area contributed by atoms with Gasteiger partial charge in [0.25, 0.3) is 0 Å². The normalized spacial score (nSPS) is 23.8. The number of hydrogen-bond acceptors (Lipinski definition) is 3. The Morgan fingerprint density at radius 3 is 3.00 bits per heavy atom. The Labute approximate surface area is 91.4 Å². The van der Waals surface area contributed by atoms with Crippen LogP contribution in [-0.4, -0.2) is 50.2 Å². The fraction of sp³-hybridized carbons (Fsp3) is 0.900. The number of hydrogen-bond donors (Lipinski definition) is 3. The summed E-state index contributed by atoms with van der Waals surface area (Å²) in [4.78, 5) is 13.5. The van der Waals surface area contributed by atoms with Gasteiger partial charge in [0, 0.05) is 32.7 Å². The summed E-state index contributed by atoms with van der Waals surface area (Å²) in [6, 6.07) is 0.198. The van der Waals surface area contributed by atoms with E-state index >= 15 is 0 Å². The highest BCUT2D eigenvalue weighted by Gasteiger charge is 2.24. The minimum Gasteiger partial charge on any atom is -0.341 e. The molecule has 4 N–H and O–H groups in total. The molecule has 1 aliphatic heterocycles. The monoisotopic (exact) mass is 214 g/mol. The Bertz CT molecular complexity index is 210. The molecule has 5 heteroatoms. The van der Waals surface area contributed by atoms with Crippen molar-refractivity contribution in [2.45, 2.75) is 19.4 Å². The highest BCUT2D eigenvalue weighted by molar-refractivity contribution is 5.73. The van der Waals surface area contributed by atoms with Gasteiger partial charge in [0.15, 0.2) is 0 Å². The molecule has 0 aromatic rings. The zero-order chi connectivity index (χ0) is 11.3. The summed E-state index contributed by atoms with van der Waals surface area (Å²) in [6.07, 6.45) is 1.03. The van der Waals surface area contributed by atoms with E-state index in [2.05, 4.69) is 22.5 Å². The molecule has 0 aliphatic carbocycles. The number of nitrogens with one attached hydrogen (secondary N) is 2. The molecule has 0 aromatic carbocycles. The van der Waals surface area contributed by atoms with Crippen molar-refractivity contribution in [3.8, 4) is 0 Å². The second kappa shape index (κ2) is 5.92. The quantitative estimate of drug-likeness (QED) is 0.595. The van der Waals surface area contributed by atoms with Crippen LogP contribution in [0.4, 0.5) is 4.79 Å². The lowest BCUT2D eigenvalue weighted by Crippen LogP contribution is -2.42. The van der Waals surface area contributed by atoms with Crippen molar-refractivity contribution in [1.29, 1.82) is 0 Å². The van der Waals surface area contributed by atoms with Crippen molar-refractivity contribution in [1.82, 2.24) is 15.5 Å². The van der Waals surface area contributed by atoms with E-state index < -0.39 is 0 Å². The first kappa shape index (κ1) is 12.3. The van der Waals surface area contributed by atoms with Gasteiger partial charge in [-0.25, -0.2) is 4.79 Å². The number of carbonyl (C=O) groups is 1. The van der Waals surface area contributed by atoms with Crippen molar-refractivity contribution in [3.05, 3.63) is 0 Å². The van der Waals surface area contributed by atoms with Crippen LogP contribution in [0.3, 0.4) is 0 Å². The first-order chi connectivity index (χ1) is 7.15. The molecule has 0 aromatic heterocycles. The lowest BCUT2D eigenvalue weighted by Gasteiger charge is -2.19. The van der Waals surface area contributed by atoms with Gasteiger partial charge in [0.05, 0.1) is 0 Å². The summed E-state index contributed by atoms with van der Waals surface area (Å²) in [5.41, 5.74) is 5.58. The van der Waals surface area contributed by atoms with Crippen LogP contribution in [-0.2, 0) is 0 Å². The molecule has 1 rings (SSSR count). The van der Waals surface area contributed by atoms with E-state index in [1.165, 1.54) is 0 Å². The van der Waals surface area contributed by atoms with Crippen molar-refractivity contribution >= 4 is 6.03 Å². The topological polar surface area (TPSA) is 70.4 Å². The largest absolute Gasteiger partial charge is 0.341 e. The number of carbonyl (C=O) groups excluding carboxylic acids is 1. The molecule has 1 fully saturated rings. The van der Waals surface area contributed by atoms with Crippen molar-refractivity contribution in [3.63, 3.8) is 0 Å². The molecule has 15 heavy (non-hydrogen) atoms. The highest BCUT2D eigenvalue weighted by atomic mass is 16.2. The summed E-state index contributed by atoms with van der Waals surface area (Å²) in [5, 5.41) is 5.50. The summed E-state index contributed by atoms with van der Waals surface area (Å²) in [6.45, 7) is 5.91. The molecular formula is C10H22N4O. The number of likely N-dealkylation sites (tertiary alicyclic amines) is 1. The second-order valence-electron chi connectivity index (χ2n) is 4.31. The van der Waals surface area contributed by atoms with Gasteiger partial charge in [-0.1, -0.05) is 6.92 Å². The predicted octanol–water partition coefficient (Wildman–Crippen LogP) is -0.415. The van der Waals surface area contributed by atoms with Gasteiger partial charge in [-0.3, -0.25) is 0 Å². The summed E-state index contributed by atoms with van der Waals surface area (Å²) in [5.74, 6) is 0.531. The molecule has 5 nitrogen and oxygen atoms in total. The van der Waals surface area contributed by atoms with Gasteiger partial charge in [-0.05, 0) is 18.9 Å². The van der Waals surface area contributed by atoms with Gasteiger partial charge in [0.1, 0.15) is 0 Å². The lowest BCUT2D eigenvalue weighted by atomic mass is 10.2. The molecule has 1 aliphatic rings. The first-order valence-corrected chi connectivity index (χ1v) is 5.56. The van der Waals surface area contributed by atoms with Crippen LogP contribution in [0.25, 0.3) is 0 Å². The first-order valence-electron chi connectivity index (χ1n) is 5.56. The van der Waals surface area contributed by atoms with E-state index in [-0.39, 0.29) is 12.1 Å². The fourth-order valence-electron chi connectivity index (χ4n) is 1.89. The van der Waals surface area contributed by atoms with Gasteiger partial charge in [-0.2, -0.15) is 0 Å². The maximum Gasteiger partial charge on any atom is 0.314 e. The zero-order valence-electron chi connectivity index (χ0n) is 9.62. The van der Waals surface area contributed by atoms with Crippen molar-refractivity contribution in [2.75, 3.05) is 33.2 Å². The predicted molar refractivity (Wildman–Crippen MR) is 60.7 cm³/mol. The summed E-state index contributed by atoms with van der Waals surface area (Å²) in [7, 11) is 1.64. The minimum atomic E-state index is -0.0891. The van der Waals surface area contributed by atoms with E-state index in [0.29, 0.717) is 5.92 Å². The molecule has 0 radical (unpaired) electrons. The molecule has 0 bridgehead atoms. The van der Waals surface area contributed by atoms with Crippen LogP contribution < -0.4 is 16.4 Å². The van der Waals surface area contributed by atoms with E-state index in [0.717, 1.165) is 32.6 Å². The van der Waals surface area contributed by atoms with Gasteiger partial charge in [-0.15, -0.1) is 0 Å². The van der Waals surface area contributed by atoms with Crippen LogP contribution in [0.15, 0.2) is 0 Å². The van der Waals surface area contributed by atoms with Crippen LogP contribution in [0.5, 0.6) is 0 Å². The van der Waals surface area contributed by atoms with E-state index in [1.807, 2.05) is 0 Å². The summed E-state index contributed by atoms with van der Waals surface area (Å²) >= 11 is 0. The van der Waals surface area contributed by atoms with E-state index in [4.69, 9.17) is 5.73 Å². The molecule has 88 valence electrons. The number of nitrogens with zero attached hydrogens (tertiary/aromatic N) is 1. The van der Waals surface area contributed by atoms with E-state index in [1.54, 1.807) is 7.05 Å². The molecular weight excluding hydrogens is 192 g/mol. The van der Waals surface area contributed by atoms with Crippen molar-refractivity contribution < 1.29 is 4.79 Å². The zero-order valence-corrected chi connectivity index (χ0v) is 9.62. The number of urea groups is 1. The molecule has 0 spiro atoms. The maximum absolute atomic E-state index is 11.1. The number of nitrogens with two attached hydrogens (primary N) is 1. The molecule has 2 unspecified atom stereocenters. The molecule has 2 amide bonds.